The topological polar surface area (TPSA) is 75.9 Å². The fourth-order valence-corrected chi connectivity index (χ4v) is 2.32. The van der Waals surface area contributed by atoms with E-state index in [0.717, 1.165) is 11.3 Å². The molecular formula is C18H19FN6O. The Labute approximate surface area is 150 Å². The molecule has 3 rings (SSSR count). The highest BCUT2D eigenvalue weighted by atomic mass is 19.1. The van der Waals surface area contributed by atoms with Crippen molar-refractivity contribution >= 4 is 11.6 Å². The van der Waals surface area contributed by atoms with Gasteiger partial charge in [0, 0.05) is 31.9 Å². The molecule has 1 N–H and O–H groups in total. The van der Waals surface area contributed by atoms with E-state index in [1.807, 2.05) is 43.3 Å². The van der Waals surface area contributed by atoms with E-state index in [1.54, 1.807) is 12.1 Å². The molecule has 0 fully saturated rings. The average Bonchev–Trinajstić information content (AvgIpc) is 3.09. The van der Waals surface area contributed by atoms with Crippen LogP contribution >= 0.6 is 0 Å². The molecule has 0 bridgehead atoms. The molecule has 0 aliphatic heterocycles. The minimum atomic E-state index is -0.334. The van der Waals surface area contributed by atoms with Crippen LogP contribution in [0.2, 0.25) is 0 Å². The van der Waals surface area contributed by atoms with Gasteiger partial charge in [-0.15, -0.1) is 10.2 Å². The number of hydrogen-bond donors (Lipinski definition) is 1. The van der Waals surface area contributed by atoms with Gasteiger partial charge in [-0.05, 0) is 47.2 Å². The molecule has 2 aromatic carbocycles. The Morgan fingerprint density at radius 2 is 1.81 bits per heavy atom. The fraction of sp³-hybridized carbons (Fsp3) is 0.222. The Morgan fingerprint density at radius 3 is 2.46 bits per heavy atom. The molecule has 134 valence electrons. The van der Waals surface area contributed by atoms with Crippen molar-refractivity contribution in [2.24, 2.45) is 0 Å². The monoisotopic (exact) mass is 354 g/mol. The molecule has 0 aliphatic carbocycles. The molecule has 26 heavy (non-hydrogen) atoms. The molecule has 0 atom stereocenters. The van der Waals surface area contributed by atoms with E-state index < -0.39 is 0 Å². The van der Waals surface area contributed by atoms with E-state index in [-0.39, 0.29) is 18.3 Å². The average molecular weight is 354 g/mol. The summed E-state index contributed by atoms with van der Waals surface area (Å²) in [6.07, 6.45) is 0. The number of anilines is 1. The molecule has 0 spiro atoms. The maximum atomic E-state index is 12.9. The van der Waals surface area contributed by atoms with Crippen LogP contribution < -0.4 is 10.2 Å². The molecule has 0 saturated carbocycles. The van der Waals surface area contributed by atoms with E-state index in [2.05, 4.69) is 20.7 Å². The van der Waals surface area contributed by atoms with Gasteiger partial charge < -0.3 is 10.2 Å². The van der Waals surface area contributed by atoms with Gasteiger partial charge >= 0.3 is 0 Å². The highest BCUT2D eigenvalue weighted by molar-refractivity contribution is 5.75. The summed E-state index contributed by atoms with van der Waals surface area (Å²) in [6, 6.07) is 13.7. The summed E-state index contributed by atoms with van der Waals surface area (Å²) in [5.41, 5.74) is 2.74. The van der Waals surface area contributed by atoms with Gasteiger partial charge in [-0.25, -0.2) is 4.39 Å². The van der Waals surface area contributed by atoms with Crippen molar-refractivity contribution in [3.63, 3.8) is 0 Å². The Morgan fingerprint density at radius 1 is 1.12 bits per heavy atom. The van der Waals surface area contributed by atoms with Crippen molar-refractivity contribution in [3.05, 3.63) is 59.9 Å². The maximum absolute atomic E-state index is 12.9. The van der Waals surface area contributed by atoms with E-state index in [9.17, 15) is 9.18 Å². The van der Waals surface area contributed by atoms with Crippen LogP contribution in [-0.4, -0.2) is 40.2 Å². The molecule has 0 aliphatic rings. The highest BCUT2D eigenvalue weighted by Crippen LogP contribution is 2.14. The van der Waals surface area contributed by atoms with Crippen LogP contribution in [0.3, 0.4) is 0 Å². The van der Waals surface area contributed by atoms with Gasteiger partial charge in [0.1, 0.15) is 12.4 Å². The molecule has 1 amide bonds. The second kappa shape index (κ2) is 7.73. The lowest BCUT2D eigenvalue weighted by Crippen LogP contribution is -2.28. The number of carbonyl (C=O) groups is 1. The first kappa shape index (κ1) is 17.5. The van der Waals surface area contributed by atoms with Gasteiger partial charge in [0.05, 0.1) is 0 Å². The first-order valence-corrected chi connectivity index (χ1v) is 8.08. The lowest BCUT2D eigenvalue weighted by atomic mass is 10.2. The lowest BCUT2D eigenvalue weighted by molar-refractivity contribution is -0.122. The number of halogens is 1. The van der Waals surface area contributed by atoms with Crippen molar-refractivity contribution < 1.29 is 9.18 Å². The van der Waals surface area contributed by atoms with Crippen molar-refractivity contribution in [3.8, 4) is 11.4 Å². The quantitative estimate of drug-likeness (QED) is 0.731. The maximum Gasteiger partial charge on any atom is 0.243 e. The SMILES string of the molecule is CN(C)c1ccc(CNC(=O)Cn2nnc(-c3ccc(F)cc3)n2)cc1. The molecular weight excluding hydrogens is 335 g/mol. The molecule has 7 nitrogen and oxygen atoms in total. The predicted molar refractivity (Wildman–Crippen MR) is 95.8 cm³/mol. The van der Waals surface area contributed by atoms with Gasteiger partial charge in [-0.1, -0.05) is 12.1 Å². The van der Waals surface area contributed by atoms with E-state index in [4.69, 9.17) is 0 Å². The van der Waals surface area contributed by atoms with Crippen LogP contribution in [0.4, 0.5) is 10.1 Å². The number of tetrazole rings is 1. The van der Waals surface area contributed by atoms with Gasteiger partial charge in [0.15, 0.2) is 0 Å². The van der Waals surface area contributed by atoms with Gasteiger partial charge in [0.25, 0.3) is 0 Å². The lowest BCUT2D eigenvalue weighted by Gasteiger charge is -2.12. The molecule has 1 aromatic heterocycles. The summed E-state index contributed by atoms with van der Waals surface area (Å²) < 4.78 is 12.9. The minimum Gasteiger partial charge on any atom is -0.378 e. The standard InChI is InChI=1S/C18H19FN6O/c1-24(2)16-9-3-13(4-10-16)11-20-17(26)12-25-22-18(21-23-25)14-5-7-15(19)8-6-14/h3-10H,11-12H2,1-2H3,(H,20,26). The third-order valence-corrected chi connectivity index (χ3v) is 3.78. The number of amides is 1. The molecule has 0 unspecified atom stereocenters. The van der Waals surface area contributed by atoms with Gasteiger partial charge in [0.2, 0.25) is 11.7 Å². The van der Waals surface area contributed by atoms with Crippen molar-refractivity contribution in [2.45, 2.75) is 13.1 Å². The summed E-state index contributed by atoms with van der Waals surface area (Å²) in [4.78, 5) is 15.3. The molecule has 1 heterocycles. The summed E-state index contributed by atoms with van der Waals surface area (Å²) in [7, 11) is 3.95. The van der Waals surface area contributed by atoms with E-state index in [0.29, 0.717) is 17.9 Å². The second-order valence-electron chi connectivity index (χ2n) is 5.99. The summed E-state index contributed by atoms with van der Waals surface area (Å²) in [5.74, 6) is -0.207. The molecule has 0 saturated heterocycles. The molecule has 0 radical (unpaired) electrons. The van der Waals surface area contributed by atoms with Crippen LogP contribution in [-0.2, 0) is 17.9 Å². The Balaban J connectivity index is 1.54. The number of carbonyl (C=O) groups excluding carboxylic acids is 1. The summed E-state index contributed by atoms with van der Waals surface area (Å²) in [6.45, 7) is 0.385. The number of rotatable bonds is 6. The number of benzene rings is 2. The number of hydrogen-bond acceptors (Lipinski definition) is 5. The third-order valence-electron chi connectivity index (χ3n) is 3.78. The zero-order valence-corrected chi connectivity index (χ0v) is 14.6. The van der Waals surface area contributed by atoms with E-state index >= 15 is 0 Å². The Hall–Kier alpha value is -3.29. The van der Waals surface area contributed by atoms with Crippen LogP contribution in [0.1, 0.15) is 5.56 Å². The highest BCUT2D eigenvalue weighted by Gasteiger charge is 2.09. The van der Waals surface area contributed by atoms with Crippen LogP contribution in [0, 0.1) is 5.82 Å². The third kappa shape index (κ3) is 4.41. The normalized spacial score (nSPS) is 10.6. The molecule has 3 aromatic rings. The summed E-state index contributed by atoms with van der Waals surface area (Å²) >= 11 is 0. The minimum absolute atomic E-state index is 0.0377. The fourth-order valence-electron chi connectivity index (χ4n) is 2.32. The number of aromatic nitrogens is 4. The molecule has 8 heteroatoms. The largest absolute Gasteiger partial charge is 0.378 e. The van der Waals surface area contributed by atoms with Gasteiger partial charge in [-0.2, -0.15) is 4.80 Å². The first-order chi connectivity index (χ1) is 12.5. The zero-order chi connectivity index (χ0) is 18.5. The van der Waals surface area contributed by atoms with Crippen LogP contribution in [0.25, 0.3) is 11.4 Å². The summed E-state index contributed by atoms with van der Waals surface area (Å²) in [5, 5.41) is 14.7. The first-order valence-electron chi connectivity index (χ1n) is 8.08. The number of nitrogens with one attached hydrogen (secondary N) is 1. The van der Waals surface area contributed by atoms with Gasteiger partial charge in [-0.3, -0.25) is 4.79 Å². The van der Waals surface area contributed by atoms with Crippen LogP contribution in [0.5, 0.6) is 0 Å². The van der Waals surface area contributed by atoms with Crippen LogP contribution in [0.15, 0.2) is 48.5 Å². The van der Waals surface area contributed by atoms with Crippen molar-refractivity contribution in [1.29, 1.82) is 0 Å². The smallest absolute Gasteiger partial charge is 0.243 e. The van der Waals surface area contributed by atoms with Crippen molar-refractivity contribution in [2.75, 3.05) is 19.0 Å². The Kier molecular flexibility index (Phi) is 5.21. The van der Waals surface area contributed by atoms with E-state index in [1.165, 1.54) is 16.9 Å². The van der Waals surface area contributed by atoms with Crippen molar-refractivity contribution in [1.82, 2.24) is 25.5 Å². The second-order valence-corrected chi connectivity index (χ2v) is 5.99. The predicted octanol–water partition coefficient (Wildman–Crippen LogP) is 1.86. The Bertz CT molecular complexity index is 873. The zero-order valence-electron chi connectivity index (χ0n) is 14.6. The number of nitrogens with zero attached hydrogens (tertiary/aromatic N) is 5.